The average Bonchev–Trinajstić information content (AvgIpc) is 2.98. The molecule has 2 aromatic carbocycles. The Morgan fingerprint density at radius 3 is 2.26 bits per heavy atom. The highest BCUT2D eigenvalue weighted by atomic mass is 19.4. The molecule has 5 nitrogen and oxygen atoms in total. The topological polar surface area (TPSA) is 43.9 Å². The standard InChI is InChI=1S/C23H24F3N3O2/c1-22(17-6-3-2-4-7-17)15-20(30)29(21(22)31)16-27-10-12-28(13-11-27)19-9-5-8-18(14-19)23(24,25)26/h2-9,14H,10-13,15-16H2,1H3. The minimum atomic E-state index is -4.38. The molecule has 0 bridgehead atoms. The molecule has 2 saturated heterocycles. The van der Waals surface area contributed by atoms with Crippen LogP contribution in [0.5, 0.6) is 0 Å². The van der Waals surface area contributed by atoms with Gasteiger partial charge in [0.2, 0.25) is 11.8 Å². The molecule has 2 fully saturated rings. The summed E-state index contributed by atoms with van der Waals surface area (Å²) >= 11 is 0. The number of carbonyl (C=O) groups excluding carboxylic acids is 2. The summed E-state index contributed by atoms with van der Waals surface area (Å²) < 4.78 is 39.0. The Morgan fingerprint density at radius 2 is 1.61 bits per heavy atom. The number of benzene rings is 2. The third-order valence-corrected chi connectivity index (χ3v) is 6.19. The Morgan fingerprint density at radius 1 is 0.935 bits per heavy atom. The van der Waals surface area contributed by atoms with Gasteiger partial charge in [-0.1, -0.05) is 36.4 Å². The summed E-state index contributed by atoms with van der Waals surface area (Å²) in [5, 5.41) is 0. The third kappa shape index (κ3) is 4.17. The zero-order chi connectivity index (χ0) is 22.2. The highest BCUT2D eigenvalue weighted by Crippen LogP contribution is 2.36. The van der Waals surface area contributed by atoms with Gasteiger partial charge in [-0.15, -0.1) is 0 Å². The van der Waals surface area contributed by atoms with Gasteiger partial charge in [-0.25, -0.2) is 0 Å². The number of carbonyl (C=O) groups is 2. The molecule has 8 heteroatoms. The lowest BCUT2D eigenvalue weighted by atomic mass is 9.81. The fourth-order valence-electron chi connectivity index (χ4n) is 4.29. The zero-order valence-corrected chi connectivity index (χ0v) is 17.2. The van der Waals surface area contributed by atoms with Crippen LogP contribution in [-0.2, 0) is 21.2 Å². The maximum absolute atomic E-state index is 13.1. The molecule has 0 aliphatic carbocycles. The molecular weight excluding hydrogens is 407 g/mol. The monoisotopic (exact) mass is 431 g/mol. The van der Waals surface area contributed by atoms with Gasteiger partial charge in [0, 0.05) is 38.3 Å². The van der Waals surface area contributed by atoms with E-state index in [4.69, 9.17) is 0 Å². The van der Waals surface area contributed by atoms with E-state index in [1.54, 1.807) is 13.0 Å². The number of alkyl halides is 3. The number of amides is 2. The molecule has 164 valence electrons. The fourth-order valence-corrected chi connectivity index (χ4v) is 4.29. The van der Waals surface area contributed by atoms with Crippen LogP contribution in [0, 0.1) is 0 Å². The molecule has 1 unspecified atom stereocenters. The number of rotatable bonds is 4. The van der Waals surface area contributed by atoms with E-state index in [-0.39, 0.29) is 24.9 Å². The summed E-state index contributed by atoms with van der Waals surface area (Å²) in [7, 11) is 0. The summed E-state index contributed by atoms with van der Waals surface area (Å²) in [4.78, 5) is 30.9. The first-order valence-electron chi connectivity index (χ1n) is 10.2. The Bertz CT molecular complexity index is 972. The second kappa shape index (κ2) is 8.00. The molecule has 2 aromatic rings. The molecule has 0 saturated carbocycles. The summed E-state index contributed by atoms with van der Waals surface area (Å²) in [6.45, 7) is 4.15. The number of hydrogen-bond donors (Lipinski definition) is 0. The minimum absolute atomic E-state index is 0.139. The number of piperazine rings is 1. The van der Waals surface area contributed by atoms with Crippen molar-refractivity contribution >= 4 is 17.5 Å². The van der Waals surface area contributed by atoms with Crippen molar-refractivity contribution in [1.29, 1.82) is 0 Å². The van der Waals surface area contributed by atoms with Crippen LogP contribution in [0.4, 0.5) is 18.9 Å². The van der Waals surface area contributed by atoms with Crippen LogP contribution in [0.15, 0.2) is 54.6 Å². The first-order valence-corrected chi connectivity index (χ1v) is 10.2. The van der Waals surface area contributed by atoms with Crippen LogP contribution in [0.1, 0.15) is 24.5 Å². The molecule has 4 rings (SSSR count). The van der Waals surface area contributed by atoms with Gasteiger partial charge in [-0.3, -0.25) is 19.4 Å². The normalized spacial score (nSPS) is 23.0. The highest BCUT2D eigenvalue weighted by Gasteiger charge is 2.49. The summed E-state index contributed by atoms with van der Waals surface area (Å²) in [5.74, 6) is -0.402. The fraction of sp³-hybridized carbons (Fsp3) is 0.391. The van der Waals surface area contributed by atoms with E-state index < -0.39 is 17.2 Å². The van der Waals surface area contributed by atoms with Crippen molar-refractivity contribution in [1.82, 2.24) is 9.80 Å². The van der Waals surface area contributed by atoms with E-state index in [0.29, 0.717) is 31.9 Å². The third-order valence-electron chi connectivity index (χ3n) is 6.19. The predicted octanol–water partition coefficient (Wildman–Crippen LogP) is 3.50. The van der Waals surface area contributed by atoms with Crippen molar-refractivity contribution in [3.63, 3.8) is 0 Å². The van der Waals surface area contributed by atoms with Crippen molar-refractivity contribution in [2.45, 2.75) is 24.9 Å². The number of halogens is 3. The second-order valence-electron chi connectivity index (χ2n) is 8.30. The van der Waals surface area contributed by atoms with Crippen LogP contribution in [0.25, 0.3) is 0 Å². The van der Waals surface area contributed by atoms with E-state index in [1.165, 1.54) is 11.0 Å². The van der Waals surface area contributed by atoms with E-state index in [2.05, 4.69) is 0 Å². The second-order valence-corrected chi connectivity index (χ2v) is 8.30. The van der Waals surface area contributed by atoms with Gasteiger partial charge < -0.3 is 4.90 Å². The molecule has 0 spiro atoms. The molecule has 2 aliphatic rings. The minimum Gasteiger partial charge on any atom is -0.369 e. The first kappa shape index (κ1) is 21.4. The van der Waals surface area contributed by atoms with Crippen molar-refractivity contribution in [2.24, 2.45) is 0 Å². The van der Waals surface area contributed by atoms with Gasteiger partial charge in [0.25, 0.3) is 0 Å². The highest BCUT2D eigenvalue weighted by molar-refractivity contribution is 6.08. The lowest BCUT2D eigenvalue weighted by molar-refractivity contribution is -0.142. The van der Waals surface area contributed by atoms with Gasteiger partial charge in [0.05, 0.1) is 17.6 Å². The van der Waals surface area contributed by atoms with Crippen LogP contribution in [0.3, 0.4) is 0 Å². The largest absolute Gasteiger partial charge is 0.416 e. The van der Waals surface area contributed by atoms with E-state index in [0.717, 1.165) is 17.7 Å². The maximum Gasteiger partial charge on any atom is 0.416 e. The zero-order valence-electron chi connectivity index (χ0n) is 17.2. The molecule has 0 radical (unpaired) electrons. The Balaban J connectivity index is 1.39. The number of anilines is 1. The van der Waals surface area contributed by atoms with Crippen molar-refractivity contribution in [3.05, 3.63) is 65.7 Å². The summed E-state index contributed by atoms with van der Waals surface area (Å²) in [5.41, 5.74) is -0.177. The molecule has 2 heterocycles. The predicted molar refractivity (Wildman–Crippen MR) is 110 cm³/mol. The van der Waals surface area contributed by atoms with Gasteiger partial charge in [-0.05, 0) is 30.7 Å². The number of hydrogen-bond acceptors (Lipinski definition) is 4. The number of nitrogens with zero attached hydrogens (tertiary/aromatic N) is 3. The lowest BCUT2D eigenvalue weighted by Gasteiger charge is -2.37. The molecule has 31 heavy (non-hydrogen) atoms. The summed E-state index contributed by atoms with van der Waals surface area (Å²) in [6, 6.07) is 14.6. The Labute approximate surface area is 179 Å². The van der Waals surface area contributed by atoms with Crippen molar-refractivity contribution in [2.75, 3.05) is 37.7 Å². The van der Waals surface area contributed by atoms with Crippen molar-refractivity contribution < 1.29 is 22.8 Å². The SMILES string of the molecule is CC1(c2ccccc2)CC(=O)N(CN2CCN(c3cccc(C(F)(F)F)c3)CC2)C1=O. The molecular formula is C23H24F3N3O2. The first-order chi connectivity index (χ1) is 14.7. The average molecular weight is 431 g/mol. The number of likely N-dealkylation sites (tertiary alicyclic amines) is 1. The van der Waals surface area contributed by atoms with Crippen LogP contribution < -0.4 is 4.90 Å². The maximum atomic E-state index is 13.1. The Kier molecular flexibility index (Phi) is 5.51. The molecule has 1 atom stereocenters. The van der Waals surface area contributed by atoms with Crippen LogP contribution in [0.2, 0.25) is 0 Å². The van der Waals surface area contributed by atoms with E-state index >= 15 is 0 Å². The Hall–Kier alpha value is -2.87. The molecule has 0 N–H and O–H groups in total. The van der Waals surface area contributed by atoms with Gasteiger partial charge >= 0.3 is 6.18 Å². The lowest BCUT2D eigenvalue weighted by Crippen LogP contribution is -2.51. The number of imide groups is 1. The smallest absolute Gasteiger partial charge is 0.369 e. The molecule has 0 aromatic heterocycles. The quantitative estimate of drug-likeness (QED) is 0.696. The van der Waals surface area contributed by atoms with Crippen LogP contribution in [-0.4, -0.2) is 54.5 Å². The molecule has 2 aliphatic heterocycles. The van der Waals surface area contributed by atoms with E-state index in [1.807, 2.05) is 40.1 Å². The summed E-state index contributed by atoms with van der Waals surface area (Å²) in [6.07, 6.45) is -4.24. The van der Waals surface area contributed by atoms with Gasteiger partial charge in [0.15, 0.2) is 0 Å². The van der Waals surface area contributed by atoms with Crippen LogP contribution >= 0.6 is 0 Å². The van der Waals surface area contributed by atoms with Gasteiger partial charge in [0.1, 0.15) is 0 Å². The van der Waals surface area contributed by atoms with Gasteiger partial charge in [-0.2, -0.15) is 13.2 Å². The van der Waals surface area contributed by atoms with E-state index in [9.17, 15) is 22.8 Å². The molecule has 2 amide bonds. The van der Waals surface area contributed by atoms with Crippen molar-refractivity contribution in [3.8, 4) is 0 Å².